The van der Waals surface area contributed by atoms with Gasteiger partial charge >= 0.3 is 5.97 Å². The summed E-state index contributed by atoms with van der Waals surface area (Å²) in [6.07, 6.45) is 8.40. The SMILES string of the molecule is CC(=O)O[C@]1(C(=O)CS(C)=O)CCC2C3CC=C4CC(=O)CCC4=C3C(c3ccc(N(C)C)cc3)C[C@@]21C. The number of carbonyl (C=O) groups excluding carboxylic acids is 3. The molecular weight excluding hydrogens is 498 g/mol. The van der Waals surface area contributed by atoms with Crippen LogP contribution >= 0.6 is 0 Å². The van der Waals surface area contributed by atoms with Crippen molar-refractivity contribution in [2.75, 3.05) is 31.0 Å². The molecule has 3 saturated carbocycles. The fourth-order valence-corrected chi connectivity index (χ4v) is 8.72. The van der Waals surface area contributed by atoms with Crippen LogP contribution in [0.15, 0.2) is 47.1 Å². The van der Waals surface area contributed by atoms with Crippen LogP contribution in [0.1, 0.15) is 70.3 Å². The lowest BCUT2D eigenvalue weighted by molar-refractivity contribution is -0.182. The first-order valence-corrected chi connectivity index (χ1v) is 15.4. The van der Waals surface area contributed by atoms with Crippen molar-refractivity contribution < 1.29 is 23.3 Å². The summed E-state index contributed by atoms with van der Waals surface area (Å²) in [7, 11) is 2.72. The van der Waals surface area contributed by atoms with E-state index in [0.717, 1.165) is 24.9 Å². The third kappa shape index (κ3) is 4.31. The summed E-state index contributed by atoms with van der Waals surface area (Å²) in [5.74, 6) is -0.0520. The van der Waals surface area contributed by atoms with Crippen LogP contribution in [0.2, 0.25) is 0 Å². The summed E-state index contributed by atoms with van der Waals surface area (Å²) in [5.41, 5.74) is 4.40. The number of benzene rings is 1. The number of fused-ring (bicyclic) bond motifs is 4. The first-order chi connectivity index (χ1) is 18.0. The highest BCUT2D eigenvalue weighted by Gasteiger charge is 2.68. The second kappa shape index (κ2) is 9.89. The predicted molar refractivity (Wildman–Crippen MR) is 149 cm³/mol. The van der Waals surface area contributed by atoms with Gasteiger partial charge in [-0.05, 0) is 72.8 Å². The molecule has 4 unspecified atom stereocenters. The largest absolute Gasteiger partial charge is 0.451 e. The van der Waals surface area contributed by atoms with Crippen molar-refractivity contribution >= 4 is 34.0 Å². The smallest absolute Gasteiger partial charge is 0.303 e. The number of nitrogens with zero attached hydrogens (tertiary/aromatic N) is 1. The number of ether oxygens (including phenoxy) is 1. The van der Waals surface area contributed by atoms with Crippen molar-refractivity contribution in [1.82, 2.24) is 0 Å². The number of Topliss-reactive ketones (excluding diaryl/α,β-unsaturated/α-hetero) is 2. The van der Waals surface area contributed by atoms with Gasteiger partial charge in [0.05, 0.1) is 5.75 Å². The number of esters is 1. The summed E-state index contributed by atoms with van der Waals surface area (Å²) in [6, 6.07) is 8.64. The molecule has 4 aliphatic rings. The molecule has 7 heteroatoms. The minimum atomic E-state index is -1.33. The van der Waals surface area contributed by atoms with Gasteiger partial charge in [0.1, 0.15) is 5.78 Å². The highest BCUT2D eigenvalue weighted by Crippen LogP contribution is 2.67. The molecule has 0 heterocycles. The minimum Gasteiger partial charge on any atom is -0.451 e. The average Bonchev–Trinajstić information content (AvgIpc) is 3.15. The lowest BCUT2D eigenvalue weighted by Crippen LogP contribution is -2.58. The number of carbonyl (C=O) groups is 3. The van der Waals surface area contributed by atoms with Crippen molar-refractivity contribution in [2.45, 2.75) is 70.3 Å². The van der Waals surface area contributed by atoms with Crippen molar-refractivity contribution in [1.29, 1.82) is 0 Å². The van der Waals surface area contributed by atoms with Gasteiger partial charge in [-0.15, -0.1) is 0 Å². The number of rotatable bonds is 6. The van der Waals surface area contributed by atoms with Gasteiger partial charge in [0.25, 0.3) is 0 Å². The van der Waals surface area contributed by atoms with Crippen molar-refractivity contribution in [2.24, 2.45) is 17.3 Å². The Morgan fingerprint density at radius 2 is 1.87 bits per heavy atom. The molecule has 0 aromatic heterocycles. The fourth-order valence-electron chi connectivity index (χ4n) is 8.12. The standard InChI is InChI=1S/C31H39NO5S/c1-19(33)37-31(28(35)18-38(5)36)15-14-27-25-12-8-21-16-23(34)11-13-24(21)29(25)26(17-30(27,31)2)20-6-9-22(10-7-20)32(3)4/h6-10,25-27H,11-18H2,1-5H3/t25?,26?,27?,30-,31-,38?/m0/s1. The van der Waals surface area contributed by atoms with Crippen molar-refractivity contribution in [3.8, 4) is 0 Å². The Hall–Kier alpha value is -2.54. The maximum atomic E-state index is 13.8. The highest BCUT2D eigenvalue weighted by molar-refractivity contribution is 7.85. The molecule has 0 spiro atoms. The van der Waals surface area contributed by atoms with Crippen molar-refractivity contribution in [3.63, 3.8) is 0 Å². The van der Waals surface area contributed by atoms with E-state index in [4.69, 9.17) is 4.74 Å². The molecule has 38 heavy (non-hydrogen) atoms. The predicted octanol–water partition coefficient (Wildman–Crippen LogP) is 4.90. The summed E-state index contributed by atoms with van der Waals surface area (Å²) in [6.45, 7) is 3.51. The highest BCUT2D eigenvalue weighted by atomic mass is 32.2. The Balaban J connectivity index is 1.66. The summed E-state index contributed by atoms with van der Waals surface area (Å²) in [4.78, 5) is 40.7. The van der Waals surface area contributed by atoms with Gasteiger partial charge in [0.15, 0.2) is 11.4 Å². The van der Waals surface area contributed by atoms with Crippen LogP contribution < -0.4 is 4.90 Å². The molecule has 0 N–H and O–H groups in total. The Bertz CT molecular complexity index is 1260. The molecule has 0 bridgehead atoms. The number of hydrogen-bond donors (Lipinski definition) is 0. The zero-order valence-corrected chi connectivity index (χ0v) is 24.0. The molecule has 3 fully saturated rings. The molecule has 0 amide bonds. The van der Waals surface area contributed by atoms with E-state index in [1.165, 1.54) is 35.5 Å². The van der Waals surface area contributed by atoms with Gasteiger partial charge in [-0.25, -0.2) is 0 Å². The molecule has 204 valence electrons. The average molecular weight is 538 g/mol. The Morgan fingerprint density at radius 3 is 2.50 bits per heavy atom. The second-order valence-corrected chi connectivity index (χ2v) is 13.5. The Kier molecular flexibility index (Phi) is 7.04. The molecule has 0 saturated heterocycles. The van der Waals surface area contributed by atoms with Crippen LogP contribution in [0.5, 0.6) is 0 Å². The van der Waals surface area contributed by atoms with E-state index in [-0.39, 0.29) is 29.3 Å². The van der Waals surface area contributed by atoms with Gasteiger partial charge in [-0.1, -0.05) is 30.7 Å². The fraction of sp³-hybridized carbons (Fsp3) is 0.581. The quantitative estimate of drug-likeness (QED) is 0.480. The van der Waals surface area contributed by atoms with E-state index in [1.54, 1.807) is 0 Å². The van der Waals surface area contributed by atoms with Crippen LogP contribution in [0, 0.1) is 17.3 Å². The molecule has 6 atom stereocenters. The van der Waals surface area contributed by atoms with Gasteiger partial charge in [-0.2, -0.15) is 0 Å². The second-order valence-electron chi connectivity index (χ2n) is 12.1. The maximum absolute atomic E-state index is 13.8. The number of hydrogen-bond acceptors (Lipinski definition) is 6. The minimum absolute atomic E-state index is 0.0531. The summed E-state index contributed by atoms with van der Waals surface area (Å²) >= 11 is 0. The van der Waals surface area contributed by atoms with Gasteiger partial charge in [-0.3, -0.25) is 18.6 Å². The van der Waals surface area contributed by atoms with Gasteiger partial charge in [0, 0.05) is 67.9 Å². The zero-order chi connectivity index (χ0) is 27.4. The molecule has 5 rings (SSSR count). The van der Waals surface area contributed by atoms with Crippen LogP contribution in [-0.2, 0) is 29.9 Å². The van der Waals surface area contributed by atoms with Crippen LogP contribution in [0.3, 0.4) is 0 Å². The molecule has 6 nitrogen and oxygen atoms in total. The summed E-state index contributed by atoms with van der Waals surface area (Å²) < 4.78 is 18.3. The van der Waals surface area contributed by atoms with Gasteiger partial charge < -0.3 is 9.64 Å². The first kappa shape index (κ1) is 27.0. The molecule has 0 radical (unpaired) electrons. The third-order valence-corrected chi connectivity index (χ3v) is 10.4. The number of anilines is 1. The normalized spacial score (nSPS) is 33.0. The van der Waals surface area contributed by atoms with Crippen LogP contribution in [0.25, 0.3) is 0 Å². The van der Waals surface area contributed by atoms with E-state index in [2.05, 4.69) is 42.2 Å². The molecule has 1 aromatic rings. The number of ketones is 2. The molecule has 0 aliphatic heterocycles. The van der Waals surface area contributed by atoms with Crippen molar-refractivity contribution in [3.05, 3.63) is 52.6 Å². The summed E-state index contributed by atoms with van der Waals surface area (Å²) in [5, 5.41) is 0. The Morgan fingerprint density at radius 1 is 1.16 bits per heavy atom. The maximum Gasteiger partial charge on any atom is 0.303 e. The van der Waals surface area contributed by atoms with Gasteiger partial charge in [0.2, 0.25) is 0 Å². The van der Waals surface area contributed by atoms with E-state index in [9.17, 15) is 18.6 Å². The lowest BCUT2D eigenvalue weighted by Gasteiger charge is -2.54. The topological polar surface area (TPSA) is 80.8 Å². The van der Waals surface area contributed by atoms with E-state index >= 15 is 0 Å². The van der Waals surface area contributed by atoms with E-state index < -0.39 is 27.8 Å². The molecule has 4 aliphatic carbocycles. The molecule has 1 aromatic carbocycles. The Labute approximate surface area is 228 Å². The number of allylic oxidation sites excluding steroid dienone is 4. The monoisotopic (exact) mass is 537 g/mol. The van der Waals surface area contributed by atoms with Crippen LogP contribution in [-0.4, -0.2) is 53.4 Å². The lowest BCUT2D eigenvalue weighted by atomic mass is 9.51. The molecular formula is C31H39NO5S. The third-order valence-electron chi connectivity index (χ3n) is 9.75. The first-order valence-electron chi connectivity index (χ1n) is 13.7. The van der Waals surface area contributed by atoms with E-state index in [1.807, 2.05) is 14.1 Å². The van der Waals surface area contributed by atoms with E-state index in [0.29, 0.717) is 31.5 Å². The zero-order valence-electron chi connectivity index (χ0n) is 23.2. The van der Waals surface area contributed by atoms with Crippen LogP contribution in [0.4, 0.5) is 5.69 Å².